The van der Waals surface area contributed by atoms with Gasteiger partial charge in [0.05, 0.1) is 32.7 Å². The molecule has 1 amide bonds. The molecule has 1 fully saturated rings. The fourth-order valence-corrected chi connectivity index (χ4v) is 2.72. The second-order valence-electron chi connectivity index (χ2n) is 5.48. The fourth-order valence-electron chi connectivity index (χ4n) is 2.72. The van der Waals surface area contributed by atoms with E-state index in [2.05, 4.69) is 25.6 Å². The van der Waals surface area contributed by atoms with Gasteiger partial charge in [-0.15, -0.1) is 0 Å². The highest BCUT2D eigenvalue weighted by Gasteiger charge is 2.23. The number of aryl methyl sites for hydroxylation is 1. The molecule has 1 aromatic rings. The highest BCUT2D eigenvalue weighted by Crippen LogP contribution is 2.09. The molecule has 0 radical (unpaired) electrons. The molecule has 1 aliphatic heterocycles. The van der Waals surface area contributed by atoms with Crippen LogP contribution in [0.1, 0.15) is 29.3 Å². The lowest BCUT2D eigenvalue weighted by atomic mass is 10.1. The van der Waals surface area contributed by atoms with Gasteiger partial charge >= 0.3 is 0 Å². The van der Waals surface area contributed by atoms with Crippen molar-refractivity contribution in [2.24, 2.45) is 0 Å². The number of quaternary nitrogens is 1. The molecule has 20 heavy (non-hydrogen) atoms. The van der Waals surface area contributed by atoms with Crippen LogP contribution in [0.5, 0.6) is 0 Å². The van der Waals surface area contributed by atoms with Crippen molar-refractivity contribution in [1.82, 2.24) is 4.90 Å². The van der Waals surface area contributed by atoms with Crippen LogP contribution in [0, 0.1) is 0 Å². The molecule has 0 bridgehead atoms. The van der Waals surface area contributed by atoms with Gasteiger partial charge in [-0.25, -0.2) is 0 Å². The molecule has 0 unspecified atom stereocenters. The van der Waals surface area contributed by atoms with Gasteiger partial charge in [-0.1, -0.05) is 32.1 Å². The summed E-state index contributed by atoms with van der Waals surface area (Å²) in [6.07, 6.45) is 4.18. The van der Waals surface area contributed by atoms with Crippen LogP contribution in [0.25, 0.3) is 0 Å². The van der Waals surface area contributed by atoms with E-state index in [9.17, 15) is 4.79 Å². The van der Waals surface area contributed by atoms with Crippen LogP contribution in [0.2, 0.25) is 0 Å². The van der Waals surface area contributed by atoms with Crippen LogP contribution in [0.3, 0.4) is 0 Å². The molecular weight excluding hydrogens is 248 g/mol. The number of piperazine rings is 1. The summed E-state index contributed by atoms with van der Waals surface area (Å²) in [7, 11) is 0. The summed E-state index contributed by atoms with van der Waals surface area (Å²) in [5.41, 5.74) is 2.13. The number of nitrogens with one attached hydrogen (secondary N) is 1. The topological polar surface area (TPSA) is 24.8 Å². The Bertz CT molecular complexity index is 445. The summed E-state index contributed by atoms with van der Waals surface area (Å²) in [6, 6.07) is 8.10. The monoisotopic (exact) mass is 273 g/mol. The van der Waals surface area contributed by atoms with Crippen LogP contribution in [0.15, 0.2) is 36.9 Å². The van der Waals surface area contributed by atoms with Crippen LogP contribution in [-0.4, -0.2) is 43.5 Å². The van der Waals surface area contributed by atoms with Crippen molar-refractivity contribution < 1.29 is 9.69 Å². The first-order valence-corrected chi connectivity index (χ1v) is 7.57. The van der Waals surface area contributed by atoms with Crippen molar-refractivity contribution in [2.75, 3.05) is 32.7 Å². The third-order valence-electron chi connectivity index (χ3n) is 3.93. The number of amides is 1. The van der Waals surface area contributed by atoms with E-state index in [1.54, 1.807) is 0 Å². The van der Waals surface area contributed by atoms with E-state index in [0.29, 0.717) is 0 Å². The number of nitrogens with zero attached hydrogens (tertiary/aromatic N) is 1. The lowest BCUT2D eigenvalue weighted by molar-refractivity contribution is -0.898. The number of benzene rings is 1. The summed E-state index contributed by atoms with van der Waals surface area (Å²) in [4.78, 5) is 15.9. The molecule has 0 aromatic heterocycles. The van der Waals surface area contributed by atoms with Gasteiger partial charge in [0.1, 0.15) is 0 Å². The highest BCUT2D eigenvalue weighted by atomic mass is 16.2. The molecule has 0 spiro atoms. The van der Waals surface area contributed by atoms with Crippen molar-refractivity contribution in [1.29, 1.82) is 0 Å². The quantitative estimate of drug-likeness (QED) is 0.800. The van der Waals surface area contributed by atoms with Gasteiger partial charge in [-0.2, -0.15) is 0 Å². The molecule has 1 saturated heterocycles. The van der Waals surface area contributed by atoms with Crippen molar-refractivity contribution in [2.45, 2.75) is 19.8 Å². The molecule has 0 saturated carbocycles. The van der Waals surface area contributed by atoms with Gasteiger partial charge in [-0.3, -0.25) is 4.79 Å². The summed E-state index contributed by atoms with van der Waals surface area (Å²) >= 11 is 0. The van der Waals surface area contributed by atoms with Gasteiger partial charge in [0.15, 0.2) is 0 Å². The zero-order valence-electron chi connectivity index (χ0n) is 12.4. The first-order valence-electron chi connectivity index (χ1n) is 7.57. The zero-order valence-corrected chi connectivity index (χ0v) is 12.4. The van der Waals surface area contributed by atoms with Crippen molar-refractivity contribution in [3.05, 3.63) is 48.0 Å². The first-order chi connectivity index (χ1) is 9.74. The van der Waals surface area contributed by atoms with Crippen LogP contribution in [-0.2, 0) is 6.42 Å². The van der Waals surface area contributed by atoms with Crippen molar-refractivity contribution >= 4 is 5.91 Å². The lowest BCUT2D eigenvalue weighted by Gasteiger charge is -2.31. The van der Waals surface area contributed by atoms with Crippen molar-refractivity contribution in [3.63, 3.8) is 0 Å². The molecule has 3 nitrogen and oxygen atoms in total. The van der Waals surface area contributed by atoms with Gasteiger partial charge < -0.3 is 9.80 Å². The maximum atomic E-state index is 12.4. The smallest absolute Gasteiger partial charge is 0.254 e. The maximum Gasteiger partial charge on any atom is 0.254 e. The Morgan fingerprint density at radius 1 is 1.30 bits per heavy atom. The van der Waals surface area contributed by atoms with Crippen LogP contribution < -0.4 is 4.90 Å². The molecular formula is C17H25N2O+. The second kappa shape index (κ2) is 7.25. The summed E-state index contributed by atoms with van der Waals surface area (Å²) < 4.78 is 0. The summed E-state index contributed by atoms with van der Waals surface area (Å²) in [5, 5.41) is 0. The summed E-state index contributed by atoms with van der Waals surface area (Å²) in [5.74, 6) is 0.172. The zero-order chi connectivity index (χ0) is 14.4. The Kier molecular flexibility index (Phi) is 5.36. The molecule has 3 heteroatoms. The minimum Gasteiger partial charge on any atom is -0.329 e. The number of hydrogen-bond acceptors (Lipinski definition) is 1. The Hall–Kier alpha value is -1.61. The first kappa shape index (κ1) is 14.8. The van der Waals surface area contributed by atoms with Gasteiger partial charge in [-0.05, 0) is 30.2 Å². The standard InChI is InChI=1S/C17H24N2O/c1-3-5-15-6-8-16(9-7-15)17(20)19-13-11-18(10-4-2)12-14-19/h4,6-9H,2-3,5,10-14H2,1H3/p+1. The normalized spacial score (nSPS) is 16.1. The van der Waals surface area contributed by atoms with E-state index in [4.69, 9.17) is 0 Å². The third-order valence-corrected chi connectivity index (χ3v) is 3.93. The van der Waals surface area contributed by atoms with Crippen molar-refractivity contribution in [3.8, 4) is 0 Å². The number of hydrogen-bond donors (Lipinski definition) is 1. The predicted molar refractivity (Wildman–Crippen MR) is 82.1 cm³/mol. The Labute approximate surface area is 121 Å². The number of carbonyl (C=O) groups excluding carboxylic acids is 1. The van der Waals surface area contributed by atoms with E-state index in [0.717, 1.165) is 51.1 Å². The Morgan fingerprint density at radius 2 is 1.95 bits per heavy atom. The molecule has 1 aliphatic rings. The van der Waals surface area contributed by atoms with Crippen LogP contribution >= 0.6 is 0 Å². The molecule has 1 aromatic carbocycles. The Balaban J connectivity index is 1.93. The molecule has 2 rings (SSSR count). The van der Waals surface area contributed by atoms with E-state index >= 15 is 0 Å². The lowest BCUT2D eigenvalue weighted by Crippen LogP contribution is -3.14. The molecule has 1 heterocycles. The van der Waals surface area contributed by atoms with Gasteiger partial charge in [0, 0.05) is 5.56 Å². The number of rotatable bonds is 5. The SMILES string of the molecule is C=CC[NH+]1CCN(C(=O)c2ccc(CCC)cc2)CC1. The molecule has 0 atom stereocenters. The van der Waals surface area contributed by atoms with E-state index in [1.165, 1.54) is 10.5 Å². The summed E-state index contributed by atoms with van der Waals surface area (Å²) in [6.45, 7) is 10.7. The van der Waals surface area contributed by atoms with E-state index < -0.39 is 0 Å². The fraction of sp³-hybridized carbons (Fsp3) is 0.471. The molecule has 0 aliphatic carbocycles. The minimum absolute atomic E-state index is 0.172. The maximum absolute atomic E-state index is 12.4. The van der Waals surface area contributed by atoms with Gasteiger partial charge in [0.2, 0.25) is 0 Å². The highest BCUT2D eigenvalue weighted by molar-refractivity contribution is 5.94. The van der Waals surface area contributed by atoms with Crippen LogP contribution in [0.4, 0.5) is 0 Å². The minimum atomic E-state index is 0.172. The molecule has 108 valence electrons. The second-order valence-corrected chi connectivity index (χ2v) is 5.48. The van der Waals surface area contributed by atoms with E-state index in [1.807, 2.05) is 23.1 Å². The average Bonchev–Trinajstić information content (AvgIpc) is 2.49. The largest absolute Gasteiger partial charge is 0.329 e. The molecule has 1 N–H and O–H groups in total. The predicted octanol–water partition coefficient (Wildman–Crippen LogP) is 1.17. The Morgan fingerprint density at radius 3 is 2.50 bits per heavy atom. The van der Waals surface area contributed by atoms with Gasteiger partial charge in [0.25, 0.3) is 5.91 Å². The van der Waals surface area contributed by atoms with E-state index in [-0.39, 0.29) is 5.91 Å². The number of carbonyl (C=O) groups is 1. The third kappa shape index (κ3) is 3.70. The average molecular weight is 273 g/mol.